The number of hydrogen-bond donors (Lipinski definition) is 0. The van der Waals surface area contributed by atoms with Crippen molar-refractivity contribution in [3.05, 3.63) is 102 Å². The number of alkyl halides is 3. The van der Waals surface area contributed by atoms with Crippen LogP contribution in [0.3, 0.4) is 0 Å². The summed E-state index contributed by atoms with van der Waals surface area (Å²) in [6.07, 6.45) is -4.45. The molecule has 0 N–H and O–H groups in total. The molecule has 0 aliphatic carbocycles. The van der Waals surface area contributed by atoms with Gasteiger partial charge in [-0.15, -0.1) is 0 Å². The van der Waals surface area contributed by atoms with Crippen molar-refractivity contribution in [2.24, 2.45) is 0 Å². The molecule has 36 heavy (non-hydrogen) atoms. The minimum Gasteiger partial charge on any atom is -0.290 e. The fourth-order valence-electron chi connectivity index (χ4n) is 5.16. The molecule has 2 amide bonds. The lowest BCUT2D eigenvalue weighted by atomic mass is 9.96. The van der Waals surface area contributed by atoms with Crippen molar-refractivity contribution in [2.75, 3.05) is 31.1 Å². The van der Waals surface area contributed by atoms with E-state index in [-0.39, 0.29) is 24.1 Å². The van der Waals surface area contributed by atoms with Gasteiger partial charge in [0.1, 0.15) is 0 Å². The van der Waals surface area contributed by atoms with Crippen molar-refractivity contribution in [2.45, 2.75) is 24.7 Å². The molecule has 0 aromatic heterocycles. The van der Waals surface area contributed by atoms with E-state index >= 15 is 0 Å². The van der Waals surface area contributed by atoms with Crippen LogP contribution in [0.4, 0.5) is 18.9 Å². The van der Waals surface area contributed by atoms with Gasteiger partial charge in [-0.3, -0.25) is 19.4 Å². The Morgan fingerprint density at radius 1 is 0.722 bits per heavy atom. The molecule has 5 rings (SSSR count). The number of amides is 2. The second kappa shape index (κ2) is 9.87. The second-order valence-corrected chi connectivity index (χ2v) is 9.13. The zero-order valence-corrected chi connectivity index (χ0v) is 19.6. The van der Waals surface area contributed by atoms with Gasteiger partial charge in [0.25, 0.3) is 5.91 Å². The van der Waals surface area contributed by atoms with Crippen molar-refractivity contribution in [1.29, 1.82) is 0 Å². The Morgan fingerprint density at radius 3 is 1.75 bits per heavy atom. The van der Waals surface area contributed by atoms with Crippen LogP contribution in [0.1, 0.15) is 29.2 Å². The van der Waals surface area contributed by atoms with Crippen LogP contribution in [0.15, 0.2) is 84.9 Å². The first kappa shape index (κ1) is 24.2. The Morgan fingerprint density at radius 2 is 1.25 bits per heavy atom. The van der Waals surface area contributed by atoms with Gasteiger partial charge < -0.3 is 0 Å². The summed E-state index contributed by atoms with van der Waals surface area (Å²) < 4.78 is 38.7. The standard InChI is InChI=1S/C28H26F3N3O2/c29-28(30,31)22-11-13-23(14-12-22)34-25(35)19-24(27(34)36)32-15-17-33(18-16-32)26(20-7-3-1-4-8-20)21-9-5-2-6-10-21/h1-14,24,26H,15-19H2/t24-/m0/s1. The van der Waals surface area contributed by atoms with Crippen LogP contribution in [0.5, 0.6) is 0 Å². The van der Waals surface area contributed by atoms with Gasteiger partial charge in [-0.25, -0.2) is 4.90 Å². The zero-order chi connectivity index (χ0) is 25.3. The number of carbonyl (C=O) groups is 2. The molecule has 2 aliphatic rings. The molecule has 186 valence electrons. The summed E-state index contributed by atoms with van der Waals surface area (Å²) in [4.78, 5) is 31.3. The van der Waals surface area contributed by atoms with Crippen LogP contribution in [0, 0.1) is 0 Å². The summed E-state index contributed by atoms with van der Waals surface area (Å²) in [5.74, 6) is -0.769. The van der Waals surface area contributed by atoms with Gasteiger partial charge in [-0.1, -0.05) is 60.7 Å². The molecule has 2 heterocycles. The summed E-state index contributed by atoms with van der Waals surface area (Å²) >= 11 is 0. The Hall–Kier alpha value is -3.49. The topological polar surface area (TPSA) is 43.9 Å². The molecule has 5 nitrogen and oxygen atoms in total. The molecule has 0 bridgehead atoms. The number of carbonyl (C=O) groups excluding carboxylic acids is 2. The Bertz CT molecular complexity index is 1170. The van der Waals surface area contributed by atoms with E-state index < -0.39 is 23.7 Å². The highest BCUT2D eigenvalue weighted by Crippen LogP contribution is 2.34. The molecule has 0 radical (unpaired) electrons. The molecule has 2 saturated heterocycles. The number of rotatable bonds is 5. The first-order chi connectivity index (χ1) is 17.3. The lowest BCUT2D eigenvalue weighted by Gasteiger charge is -2.41. The molecule has 3 aromatic rings. The lowest BCUT2D eigenvalue weighted by molar-refractivity contribution is -0.137. The van der Waals surface area contributed by atoms with Crippen LogP contribution in [0.25, 0.3) is 0 Å². The first-order valence-corrected chi connectivity index (χ1v) is 11.9. The average Bonchev–Trinajstić information content (AvgIpc) is 3.19. The third-order valence-electron chi connectivity index (χ3n) is 6.96. The number of piperazine rings is 1. The number of nitrogens with zero attached hydrogens (tertiary/aromatic N) is 3. The zero-order valence-electron chi connectivity index (χ0n) is 19.6. The predicted octanol–water partition coefficient (Wildman–Crippen LogP) is 4.74. The number of hydrogen-bond acceptors (Lipinski definition) is 4. The van der Waals surface area contributed by atoms with Crippen LogP contribution in [-0.4, -0.2) is 53.8 Å². The molecule has 0 spiro atoms. The summed E-state index contributed by atoms with van der Waals surface area (Å²) in [7, 11) is 0. The summed E-state index contributed by atoms with van der Waals surface area (Å²) in [6.45, 7) is 2.65. The second-order valence-electron chi connectivity index (χ2n) is 9.13. The van der Waals surface area contributed by atoms with E-state index in [1.54, 1.807) is 0 Å². The maximum atomic E-state index is 13.2. The largest absolute Gasteiger partial charge is 0.416 e. The van der Waals surface area contributed by atoms with Crippen LogP contribution < -0.4 is 4.90 Å². The molecule has 2 fully saturated rings. The third kappa shape index (κ3) is 4.79. The smallest absolute Gasteiger partial charge is 0.290 e. The summed E-state index contributed by atoms with van der Waals surface area (Å²) in [5, 5.41) is 0. The van der Waals surface area contributed by atoms with Crippen LogP contribution in [0.2, 0.25) is 0 Å². The van der Waals surface area contributed by atoms with E-state index in [2.05, 4.69) is 29.2 Å². The van der Waals surface area contributed by atoms with Gasteiger partial charge in [-0.05, 0) is 35.4 Å². The molecule has 0 saturated carbocycles. The minimum atomic E-state index is -4.48. The third-order valence-corrected chi connectivity index (χ3v) is 6.96. The van der Waals surface area contributed by atoms with Crippen LogP contribution in [-0.2, 0) is 15.8 Å². The molecular weight excluding hydrogens is 467 g/mol. The monoisotopic (exact) mass is 493 g/mol. The highest BCUT2D eigenvalue weighted by molar-refractivity contribution is 6.22. The Kier molecular flexibility index (Phi) is 6.64. The fraction of sp³-hybridized carbons (Fsp3) is 0.286. The fourth-order valence-corrected chi connectivity index (χ4v) is 5.16. The van der Waals surface area contributed by atoms with Crippen molar-refractivity contribution < 1.29 is 22.8 Å². The first-order valence-electron chi connectivity index (χ1n) is 11.9. The minimum absolute atomic E-state index is 0.0284. The SMILES string of the molecule is O=C1C[C@H](N2CCN(C(c3ccccc3)c3ccccc3)CC2)C(=O)N1c1ccc(C(F)(F)F)cc1. The number of imide groups is 1. The quantitative estimate of drug-likeness (QED) is 0.482. The van der Waals surface area contributed by atoms with Crippen molar-refractivity contribution in [3.8, 4) is 0 Å². The predicted molar refractivity (Wildman–Crippen MR) is 130 cm³/mol. The van der Waals surface area contributed by atoms with Gasteiger partial charge in [0.05, 0.1) is 29.8 Å². The van der Waals surface area contributed by atoms with E-state index in [9.17, 15) is 22.8 Å². The molecular formula is C28H26F3N3O2. The van der Waals surface area contributed by atoms with Gasteiger partial charge in [-0.2, -0.15) is 13.2 Å². The van der Waals surface area contributed by atoms with Crippen molar-refractivity contribution in [3.63, 3.8) is 0 Å². The van der Waals surface area contributed by atoms with Gasteiger partial charge in [0.2, 0.25) is 5.91 Å². The van der Waals surface area contributed by atoms with E-state index in [1.807, 2.05) is 41.3 Å². The highest BCUT2D eigenvalue weighted by Gasteiger charge is 2.44. The van der Waals surface area contributed by atoms with E-state index in [1.165, 1.54) is 23.3 Å². The number of halogens is 3. The average molecular weight is 494 g/mol. The Balaban J connectivity index is 1.29. The van der Waals surface area contributed by atoms with Gasteiger partial charge >= 0.3 is 6.18 Å². The van der Waals surface area contributed by atoms with Crippen molar-refractivity contribution >= 4 is 17.5 Å². The normalized spacial score (nSPS) is 19.9. The Labute approximate surface area is 207 Å². The molecule has 2 aliphatic heterocycles. The number of anilines is 1. The summed E-state index contributed by atoms with van der Waals surface area (Å²) in [5.41, 5.74) is 1.74. The van der Waals surface area contributed by atoms with Crippen LogP contribution >= 0.6 is 0 Å². The van der Waals surface area contributed by atoms with E-state index in [0.717, 1.165) is 17.0 Å². The van der Waals surface area contributed by atoms with E-state index in [4.69, 9.17) is 0 Å². The van der Waals surface area contributed by atoms with Gasteiger partial charge in [0, 0.05) is 26.2 Å². The van der Waals surface area contributed by atoms with Gasteiger partial charge in [0.15, 0.2) is 0 Å². The molecule has 1 atom stereocenters. The van der Waals surface area contributed by atoms with E-state index in [0.29, 0.717) is 26.2 Å². The van der Waals surface area contributed by atoms with Crippen molar-refractivity contribution in [1.82, 2.24) is 9.80 Å². The number of benzene rings is 3. The molecule has 3 aromatic carbocycles. The summed E-state index contributed by atoms with van der Waals surface area (Å²) in [6, 6.07) is 24.2. The maximum absolute atomic E-state index is 13.2. The highest BCUT2D eigenvalue weighted by atomic mass is 19.4. The molecule has 0 unspecified atom stereocenters. The molecule has 8 heteroatoms. The lowest BCUT2D eigenvalue weighted by Crippen LogP contribution is -2.53. The maximum Gasteiger partial charge on any atom is 0.416 e.